The van der Waals surface area contributed by atoms with Crippen LogP contribution in [0.4, 0.5) is 4.79 Å². The highest BCUT2D eigenvalue weighted by atomic mass is 16.5. The zero-order valence-corrected chi connectivity index (χ0v) is 9.24. The normalized spacial score (nSPS) is 14.4. The molecular weight excluding hydrogens is 218 g/mol. The minimum absolute atomic E-state index is 0.369. The Hall–Kier alpha value is -2.23. The molecule has 1 aliphatic heterocycles. The molecule has 4 nitrogen and oxygen atoms in total. The smallest absolute Gasteiger partial charge is 0.411 e. The van der Waals surface area contributed by atoms with E-state index < -0.39 is 6.09 Å². The Morgan fingerprint density at radius 3 is 2.82 bits per heavy atom. The topological polar surface area (TPSA) is 49.8 Å². The summed E-state index contributed by atoms with van der Waals surface area (Å²) in [6.45, 7) is 0.804. The molecule has 1 heterocycles. The van der Waals surface area contributed by atoms with Gasteiger partial charge in [-0.1, -0.05) is 36.4 Å². The van der Waals surface area contributed by atoms with Gasteiger partial charge < -0.3 is 9.84 Å². The molecule has 1 aromatic rings. The minimum Gasteiger partial charge on any atom is -0.487 e. The van der Waals surface area contributed by atoms with E-state index in [2.05, 4.69) is 0 Å². The van der Waals surface area contributed by atoms with Crippen LogP contribution in [0.2, 0.25) is 0 Å². The second kappa shape index (κ2) is 5.21. The van der Waals surface area contributed by atoms with E-state index in [0.29, 0.717) is 18.9 Å². The first-order valence-corrected chi connectivity index (χ1v) is 5.30. The first kappa shape index (κ1) is 11.3. The quantitative estimate of drug-likeness (QED) is 0.869. The van der Waals surface area contributed by atoms with E-state index in [0.717, 1.165) is 5.56 Å². The number of benzene rings is 1. The van der Waals surface area contributed by atoms with Crippen molar-refractivity contribution in [3.05, 3.63) is 60.0 Å². The largest absolute Gasteiger partial charge is 0.487 e. The molecule has 0 radical (unpaired) electrons. The van der Waals surface area contributed by atoms with Gasteiger partial charge >= 0.3 is 6.09 Å². The molecule has 1 aromatic carbocycles. The van der Waals surface area contributed by atoms with Crippen LogP contribution < -0.4 is 0 Å². The number of carbonyl (C=O) groups is 1. The van der Waals surface area contributed by atoms with E-state index in [9.17, 15) is 4.79 Å². The maximum atomic E-state index is 10.8. The highest BCUT2D eigenvalue weighted by Gasteiger charge is 2.11. The van der Waals surface area contributed by atoms with Gasteiger partial charge in [0.2, 0.25) is 0 Å². The van der Waals surface area contributed by atoms with E-state index in [1.165, 1.54) is 11.1 Å². The van der Waals surface area contributed by atoms with E-state index in [1.807, 2.05) is 30.3 Å². The van der Waals surface area contributed by atoms with E-state index in [1.54, 1.807) is 12.2 Å². The third kappa shape index (κ3) is 3.11. The molecule has 0 fully saturated rings. The van der Waals surface area contributed by atoms with E-state index >= 15 is 0 Å². The lowest BCUT2D eigenvalue weighted by atomic mass is 10.2. The summed E-state index contributed by atoms with van der Waals surface area (Å²) < 4.78 is 5.52. The van der Waals surface area contributed by atoms with Crippen LogP contribution in [0.15, 0.2) is 54.4 Å². The molecule has 0 unspecified atom stereocenters. The van der Waals surface area contributed by atoms with Crippen molar-refractivity contribution in [3.8, 4) is 0 Å². The average molecular weight is 231 g/mol. The van der Waals surface area contributed by atoms with Crippen molar-refractivity contribution in [3.63, 3.8) is 0 Å². The predicted molar refractivity (Wildman–Crippen MR) is 63.2 cm³/mol. The molecular formula is C13H13NO3. The van der Waals surface area contributed by atoms with Crippen LogP contribution >= 0.6 is 0 Å². The highest BCUT2D eigenvalue weighted by molar-refractivity contribution is 5.67. The molecule has 1 N–H and O–H groups in total. The summed E-state index contributed by atoms with van der Waals surface area (Å²) in [5, 5.41) is 8.83. The lowest BCUT2D eigenvalue weighted by Crippen LogP contribution is -2.26. The minimum atomic E-state index is -0.977. The van der Waals surface area contributed by atoms with Crippen molar-refractivity contribution in [1.82, 2.24) is 4.90 Å². The summed E-state index contributed by atoms with van der Waals surface area (Å²) in [5.74, 6) is 0.558. The van der Waals surface area contributed by atoms with E-state index in [-0.39, 0.29) is 0 Å². The number of allylic oxidation sites excluding steroid dienone is 1. The van der Waals surface area contributed by atoms with Crippen LogP contribution in [0.25, 0.3) is 0 Å². The number of nitrogens with zero attached hydrogens (tertiary/aromatic N) is 1. The molecule has 0 saturated heterocycles. The second-order valence-corrected chi connectivity index (χ2v) is 3.64. The molecule has 0 atom stereocenters. The standard InChI is InChI=1S/C13H13NO3/c15-13(16)14-8-4-7-12(9-14)17-10-11-5-2-1-3-6-11/h1-7,9H,8,10H2,(H,15,16). The summed E-state index contributed by atoms with van der Waals surface area (Å²) >= 11 is 0. The van der Waals surface area contributed by atoms with Crippen molar-refractivity contribution in [2.24, 2.45) is 0 Å². The van der Waals surface area contributed by atoms with E-state index in [4.69, 9.17) is 9.84 Å². The lowest BCUT2D eigenvalue weighted by Gasteiger charge is -2.18. The Bertz CT molecular complexity index is 451. The zero-order valence-electron chi connectivity index (χ0n) is 9.24. The van der Waals surface area contributed by atoms with Gasteiger partial charge in [-0.2, -0.15) is 0 Å². The molecule has 1 amide bonds. The molecule has 17 heavy (non-hydrogen) atoms. The maximum Gasteiger partial charge on any atom is 0.411 e. The van der Waals surface area contributed by atoms with Gasteiger partial charge in [0.1, 0.15) is 12.4 Å². The number of amides is 1. The fourth-order valence-corrected chi connectivity index (χ4v) is 1.49. The summed E-state index contributed by atoms with van der Waals surface area (Å²) in [6.07, 6.45) is 4.05. The maximum absolute atomic E-state index is 10.8. The molecule has 0 aliphatic carbocycles. The Labute approximate surface area is 99.4 Å². The summed E-state index contributed by atoms with van der Waals surface area (Å²) in [4.78, 5) is 11.9. The third-order valence-electron chi connectivity index (χ3n) is 2.36. The summed E-state index contributed by atoms with van der Waals surface area (Å²) in [5.41, 5.74) is 1.05. The van der Waals surface area contributed by atoms with Gasteiger partial charge in [-0.3, -0.25) is 4.90 Å². The van der Waals surface area contributed by atoms with Crippen molar-refractivity contribution < 1.29 is 14.6 Å². The van der Waals surface area contributed by atoms with Gasteiger partial charge in [0.15, 0.2) is 0 Å². The average Bonchev–Trinajstić information content (AvgIpc) is 2.38. The van der Waals surface area contributed by atoms with Gasteiger partial charge in [0, 0.05) is 6.54 Å². The zero-order chi connectivity index (χ0) is 12.1. The van der Waals surface area contributed by atoms with Gasteiger partial charge in [0.25, 0.3) is 0 Å². The Morgan fingerprint density at radius 1 is 1.35 bits per heavy atom. The van der Waals surface area contributed by atoms with Crippen LogP contribution in [-0.2, 0) is 11.3 Å². The molecule has 0 saturated carbocycles. The van der Waals surface area contributed by atoms with Gasteiger partial charge in [-0.05, 0) is 11.6 Å². The molecule has 1 aliphatic rings. The summed E-state index contributed by atoms with van der Waals surface area (Å²) in [7, 11) is 0. The molecule has 0 spiro atoms. The highest BCUT2D eigenvalue weighted by Crippen LogP contribution is 2.12. The Balaban J connectivity index is 1.95. The molecule has 0 aromatic heterocycles. The second-order valence-electron chi connectivity index (χ2n) is 3.64. The van der Waals surface area contributed by atoms with Gasteiger partial charge in [-0.25, -0.2) is 4.79 Å². The number of rotatable bonds is 3. The third-order valence-corrected chi connectivity index (χ3v) is 2.36. The number of hydrogen-bond acceptors (Lipinski definition) is 2. The predicted octanol–water partition coefficient (Wildman–Crippen LogP) is 2.59. The Kier molecular flexibility index (Phi) is 3.45. The first-order valence-electron chi connectivity index (χ1n) is 5.30. The lowest BCUT2D eigenvalue weighted by molar-refractivity contribution is 0.158. The van der Waals surface area contributed by atoms with Crippen LogP contribution in [-0.4, -0.2) is 22.6 Å². The molecule has 4 heteroatoms. The van der Waals surface area contributed by atoms with Gasteiger partial charge in [0.05, 0.1) is 6.20 Å². The first-order chi connectivity index (χ1) is 8.25. The van der Waals surface area contributed by atoms with Crippen LogP contribution in [0.5, 0.6) is 0 Å². The fraction of sp³-hybridized carbons (Fsp3) is 0.154. The van der Waals surface area contributed by atoms with Crippen molar-refractivity contribution in [2.75, 3.05) is 6.54 Å². The van der Waals surface area contributed by atoms with Gasteiger partial charge in [-0.15, -0.1) is 0 Å². The molecule has 88 valence electrons. The Morgan fingerprint density at radius 2 is 2.12 bits per heavy atom. The molecule has 0 bridgehead atoms. The number of carboxylic acid groups (broad SMARTS) is 1. The molecule has 2 rings (SSSR count). The van der Waals surface area contributed by atoms with Crippen LogP contribution in [0.1, 0.15) is 5.56 Å². The SMILES string of the molecule is O=C(O)N1C=C(OCc2ccccc2)C=CC1. The number of hydrogen-bond donors (Lipinski definition) is 1. The fourth-order valence-electron chi connectivity index (χ4n) is 1.49. The van der Waals surface area contributed by atoms with Crippen LogP contribution in [0, 0.1) is 0 Å². The number of ether oxygens (including phenoxy) is 1. The monoisotopic (exact) mass is 231 g/mol. The van der Waals surface area contributed by atoms with Crippen molar-refractivity contribution in [1.29, 1.82) is 0 Å². The van der Waals surface area contributed by atoms with Crippen LogP contribution in [0.3, 0.4) is 0 Å². The van der Waals surface area contributed by atoms with Crippen molar-refractivity contribution >= 4 is 6.09 Å². The summed E-state index contributed by atoms with van der Waals surface area (Å²) in [6, 6.07) is 9.74. The van der Waals surface area contributed by atoms with Crippen molar-refractivity contribution in [2.45, 2.75) is 6.61 Å².